The molecule has 2 N–H and O–H groups in total. The van der Waals surface area contributed by atoms with Crippen LogP contribution in [0.2, 0.25) is 10.0 Å². The van der Waals surface area contributed by atoms with Gasteiger partial charge in [-0.25, -0.2) is 9.18 Å². The van der Waals surface area contributed by atoms with E-state index in [1.165, 1.54) is 18.2 Å². The van der Waals surface area contributed by atoms with E-state index in [-0.39, 0.29) is 11.4 Å². The summed E-state index contributed by atoms with van der Waals surface area (Å²) >= 11 is 13.1. The highest BCUT2D eigenvalue weighted by Gasteiger charge is 2.12. The van der Waals surface area contributed by atoms with Gasteiger partial charge in [-0.3, -0.25) is 10.1 Å². The minimum atomic E-state index is -0.814. The second-order valence-corrected chi connectivity index (χ2v) is 6.12. The van der Waals surface area contributed by atoms with E-state index in [1.807, 2.05) is 0 Å². The lowest BCUT2D eigenvalue weighted by molar-refractivity contribution is -0.117. The monoisotopic (exact) mass is 372 g/mol. The third-order valence-corrected chi connectivity index (χ3v) is 4.63. The molecule has 4 nitrogen and oxygen atoms in total. The Bertz CT molecular complexity index is 723. The summed E-state index contributed by atoms with van der Waals surface area (Å²) in [6.07, 6.45) is 0. The first-order chi connectivity index (χ1) is 11.0. The van der Waals surface area contributed by atoms with Crippen LogP contribution in [0.3, 0.4) is 0 Å². The summed E-state index contributed by atoms with van der Waals surface area (Å²) in [6, 6.07) is 9.83. The quantitative estimate of drug-likeness (QED) is 0.772. The number of halogens is 3. The fraction of sp³-hybridized carbons (Fsp3) is 0.0667. The maximum absolute atomic E-state index is 13.4. The van der Waals surface area contributed by atoms with Crippen molar-refractivity contribution in [2.24, 2.45) is 0 Å². The molecule has 2 rings (SSSR count). The van der Waals surface area contributed by atoms with E-state index in [1.54, 1.807) is 24.3 Å². The Morgan fingerprint density at radius 3 is 2.35 bits per heavy atom. The lowest BCUT2D eigenvalue weighted by Crippen LogP contribution is -2.35. The summed E-state index contributed by atoms with van der Waals surface area (Å²) in [6.45, 7) is 0. The molecule has 0 spiro atoms. The van der Waals surface area contributed by atoms with Crippen molar-refractivity contribution in [3.05, 3.63) is 58.3 Å². The number of carbonyl (C=O) groups is 2. The predicted molar refractivity (Wildman–Crippen MR) is 90.7 cm³/mol. The summed E-state index contributed by atoms with van der Waals surface area (Å²) in [4.78, 5) is 24.0. The molecule has 0 aliphatic carbocycles. The summed E-state index contributed by atoms with van der Waals surface area (Å²) < 4.78 is 13.4. The van der Waals surface area contributed by atoms with Crippen molar-refractivity contribution in [1.82, 2.24) is 5.32 Å². The van der Waals surface area contributed by atoms with Crippen LogP contribution < -0.4 is 10.6 Å². The van der Waals surface area contributed by atoms with Gasteiger partial charge in [0, 0.05) is 4.90 Å². The molecule has 0 fully saturated rings. The first-order valence-corrected chi connectivity index (χ1v) is 8.13. The number of hydrogen-bond donors (Lipinski definition) is 2. The van der Waals surface area contributed by atoms with Crippen LogP contribution >= 0.6 is 35.0 Å². The van der Waals surface area contributed by atoms with Crippen molar-refractivity contribution in [2.75, 3.05) is 11.1 Å². The number of urea groups is 1. The normalized spacial score (nSPS) is 10.2. The van der Waals surface area contributed by atoms with E-state index in [9.17, 15) is 14.0 Å². The van der Waals surface area contributed by atoms with Gasteiger partial charge in [0.1, 0.15) is 5.82 Å². The van der Waals surface area contributed by atoms with E-state index in [0.29, 0.717) is 14.9 Å². The highest BCUT2D eigenvalue weighted by molar-refractivity contribution is 8.00. The Labute approximate surface area is 146 Å². The summed E-state index contributed by atoms with van der Waals surface area (Å²) in [7, 11) is 0. The minimum absolute atomic E-state index is 0.0143. The largest absolute Gasteiger partial charge is 0.325 e. The van der Waals surface area contributed by atoms with Crippen LogP contribution in [0.15, 0.2) is 47.4 Å². The minimum Gasteiger partial charge on any atom is -0.305 e. The molecule has 2 aromatic rings. The number of rotatable bonds is 4. The number of hydrogen-bond acceptors (Lipinski definition) is 3. The molecule has 0 aliphatic heterocycles. The number of nitrogens with one attached hydrogen (secondary N) is 2. The second-order valence-electron chi connectivity index (χ2n) is 4.32. The van der Waals surface area contributed by atoms with Crippen molar-refractivity contribution in [3.8, 4) is 0 Å². The molecule has 3 amide bonds. The first kappa shape index (κ1) is 17.6. The first-order valence-electron chi connectivity index (χ1n) is 6.39. The molecule has 23 heavy (non-hydrogen) atoms. The van der Waals surface area contributed by atoms with E-state index in [0.717, 1.165) is 11.8 Å². The van der Waals surface area contributed by atoms with Gasteiger partial charge in [-0.2, -0.15) is 0 Å². The SMILES string of the molecule is O=C(CSc1c(Cl)cccc1Cl)NC(=O)Nc1ccccc1F. The number of imide groups is 1. The van der Waals surface area contributed by atoms with Gasteiger partial charge >= 0.3 is 6.03 Å². The van der Waals surface area contributed by atoms with Crippen LogP contribution in [0.5, 0.6) is 0 Å². The molecule has 0 unspecified atom stereocenters. The van der Waals surface area contributed by atoms with Gasteiger partial charge in [0.05, 0.1) is 21.5 Å². The zero-order valence-electron chi connectivity index (χ0n) is 11.6. The maximum Gasteiger partial charge on any atom is 0.325 e. The van der Waals surface area contributed by atoms with Gasteiger partial charge in [-0.15, -0.1) is 11.8 Å². The smallest absolute Gasteiger partial charge is 0.305 e. The third-order valence-electron chi connectivity index (χ3n) is 2.64. The average Bonchev–Trinajstić information content (AvgIpc) is 2.49. The topological polar surface area (TPSA) is 58.2 Å². The lowest BCUT2D eigenvalue weighted by Gasteiger charge is -2.08. The zero-order chi connectivity index (χ0) is 16.8. The van der Waals surface area contributed by atoms with E-state index in [2.05, 4.69) is 10.6 Å². The van der Waals surface area contributed by atoms with Crippen LogP contribution in [0.25, 0.3) is 0 Å². The Morgan fingerprint density at radius 2 is 1.70 bits per heavy atom. The van der Waals surface area contributed by atoms with Crippen LogP contribution in [0.4, 0.5) is 14.9 Å². The molecule has 0 saturated carbocycles. The molecule has 0 aromatic heterocycles. The van der Waals surface area contributed by atoms with E-state index < -0.39 is 17.8 Å². The Balaban J connectivity index is 1.87. The number of benzene rings is 2. The molecule has 0 bridgehead atoms. The molecular weight excluding hydrogens is 362 g/mol. The number of para-hydroxylation sites is 1. The molecule has 0 heterocycles. The Hall–Kier alpha value is -1.76. The maximum atomic E-state index is 13.4. The van der Waals surface area contributed by atoms with Crippen molar-refractivity contribution in [3.63, 3.8) is 0 Å². The molecule has 2 aromatic carbocycles. The number of anilines is 1. The average molecular weight is 373 g/mol. The molecule has 8 heteroatoms. The van der Waals surface area contributed by atoms with Crippen LogP contribution in [0.1, 0.15) is 0 Å². The van der Waals surface area contributed by atoms with Gasteiger partial charge < -0.3 is 5.32 Å². The Morgan fingerprint density at radius 1 is 1.04 bits per heavy atom. The van der Waals surface area contributed by atoms with Gasteiger partial charge in [0.25, 0.3) is 0 Å². The van der Waals surface area contributed by atoms with Crippen LogP contribution in [-0.2, 0) is 4.79 Å². The Kier molecular flexibility index (Phi) is 6.27. The van der Waals surface area contributed by atoms with Gasteiger partial charge in [0.2, 0.25) is 5.91 Å². The molecule has 0 saturated heterocycles. The van der Waals surface area contributed by atoms with Gasteiger partial charge in [-0.1, -0.05) is 41.4 Å². The second kappa shape index (κ2) is 8.19. The fourth-order valence-corrected chi connectivity index (χ4v) is 3.12. The van der Waals surface area contributed by atoms with Crippen LogP contribution in [-0.4, -0.2) is 17.7 Å². The van der Waals surface area contributed by atoms with Gasteiger partial charge in [0.15, 0.2) is 0 Å². The molecule has 0 atom stereocenters. The summed E-state index contributed by atoms with van der Waals surface area (Å²) in [5.74, 6) is -1.21. The predicted octanol–water partition coefficient (Wildman–Crippen LogP) is 4.57. The highest BCUT2D eigenvalue weighted by atomic mass is 35.5. The standard InChI is InChI=1S/C15H11Cl2FN2O2S/c16-9-4-3-5-10(17)14(9)23-8-13(21)20-15(22)19-12-7-2-1-6-11(12)18/h1-7H,8H2,(H2,19,20,21,22). The summed E-state index contributed by atoms with van der Waals surface area (Å²) in [5.41, 5.74) is -0.0143. The lowest BCUT2D eigenvalue weighted by atomic mass is 10.3. The number of amides is 3. The number of carbonyl (C=O) groups excluding carboxylic acids is 2. The van der Waals surface area contributed by atoms with Crippen molar-refractivity contribution >= 4 is 52.6 Å². The van der Waals surface area contributed by atoms with Crippen molar-refractivity contribution in [2.45, 2.75) is 4.90 Å². The fourth-order valence-electron chi connectivity index (χ4n) is 1.64. The third kappa shape index (κ3) is 5.13. The van der Waals surface area contributed by atoms with Crippen LogP contribution in [0, 0.1) is 5.82 Å². The molecule has 120 valence electrons. The van der Waals surface area contributed by atoms with E-state index >= 15 is 0 Å². The highest BCUT2D eigenvalue weighted by Crippen LogP contribution is 2.33. The molecular formula is C15H11Cl2FN2O2S. The van der Waals surface area contributed by atoms with Crippen molar-refractivity contribution < 1.29 is 14.0 Å². The van der Waals surface area contributed by atoms with E-state index in [4.69, 9.17) is 23.2 Å². The van der Waals surface area contributed by atoms with Gasteiger partial charge in [-0.05, 0) is 24.3 Å². The zero-order valence-corrected chi connectivity index (χ0v) is 13.9. The van der Waals surface area contributed by atoms with Crippen molar-refractivity contribution in [1.29, 1.82) is 0 Å². The molecule has 0 radical (unpaired) electrons. The number of thioether (sulfide) groups is 1. The molecule has 0 aliphatic rings. The summed E-state index contributed by atoms with van der Waals surface area (Å²) in [5, 5.41) is 5.20.